The van der Waals surface area contributed by atoms with Crippen molar-refractivity contribution in [3.05, 3.63) is 58.2 Å². The molecular weight excluding hydrogens is 246 g/mol. The van der Waals surface area contributed by atoms with Gasteiger partial charge < -0.3 is 5.32 Å². The van der Waals surface area contributed by atoms with Gasteiger partial charge in [0, 0.05) is 36.4 Å². The largest absolute Gasteiger partial charge is 0.306 e. The molecule has 106 valence electrons. The number of hydrogen-bond donors (Lipinski definition) is 1. The van der Waals surface area contributed by atoms with E-state index in [1.54, 1.807) is 0 Å². The molecular formula is C17H23N3. The summed E-state index contributed by atoms with van der Waals surface area (Å²) >= 11 is 0. The van der Waals surface area contributed by atoms with Gasteiger partial charge in [0.05, 0.1) is 0 Å². The molecule has 0 amide bonds. The molecule has 0 saturated carbocycles. The number of rotatable bonds is 4. The summed E-state index contributed by atoms with van der Waals surface area (Å²) < 4.78 is 0. The van der Waals surface area contributed by atoms with E-state index in [2.05, 4.69) is 55.1 Å². The Hall–Kier alpha value is -1.74. The van der Waals surface area contributed by atoms with Crippen molar-refractivity contribution in [3.8, 4) is 0 Å². The third kappa shape index (κ3) is 3.23. The predicted octanol–water partition coefficient (Wildman–Crippen LogP) is 3.56. The van der Waals surface area contributed by atoms with Crippen LogP contribution >= 0.6 is 0 Å². The van der Waals surface area contributed by atoms with Gasteiger partial charge in [-0.05, 0) is 69.0 Å². The summed E-state index contributed by atoms with van der Waals surface area (Å²) in [5, 5.41) is 3.59. The van der Waals surface area contributed by atoms with E-state index in [9.17, 15) is 0 Å². The molecule has 0 spiro atoms. The average Bonchev–Trinajstić information content (AvgIpc) is 2.36. The molecule has 0 aliphatic carbocycles. The quantitative estimate of drug-likeness (QED) is 0.922. The lowest BCUT2D eigenvalue weighted by atomic mass is 10.00. The van der Waals surface area contributed by atoms with E-state index >= 15 is 0 Å². The van der Waals surface area contributed by atoms with Crippen LogP contribution in [0.3, 0.4) is 0 Å². The molecule has 2 aromatic heterocycles. The highest BCUT2D eigenvalue weighted by Gasteiger charge is 2.13. The van der Waals surface area contributed by atoms with Crippen molar-refractivity contribution in [1.82, 2.24) is 15.3 Å². The van der Waals surface area contributed by atoms with Gasteiger partial charge in [-0.1, -0.05) is 0 Å². The fourth-order valence-electron chi connectivity index (χ4n) is 2.75. The topological polar surface area (TPSA) is 37.8 Å². The van der Waals surface area contributed by atoms with Crippen molar-refractivity contribution in [3.63, 3.8) is 0 Å². The van der Waals surface area contributed by atoms with Gasteiger partial charge in [0.15, 0.2) is 0 Å². The van der Waals surface area contributed by atoms with Crippen molar-refractivity contribution in [1.29, 1.82) is 0 Å². The second-order valence-corrected chi connectivity index (χ2v) is 5.48. The van der Waals surface area contributed by atoms with Crippen molar-refractivity contribution in [2.75, 3.05) is 0 Å². The molecule has 0 saturated heterocycles. The van der Waals surface area contributed by atoms with Crippen LogP contribution in [0.25, 0.3) is 0 Å². The number of aromatic nitrogens is 2. The minimum Gasteiger partial charge on any atom is -0.306 e. The van der Waals surface area contributed by atoms with Gasteiger partial charge >= 0.3 is 0 Å². The Morgan fingerprint density at radius 3 is 2.55 bits per heavy atom. The van der Waals surface area contributed by atoms with Crippen LogP contribution in [0.5, 0.6) is 0 Å². The van der Waals surface area contributed by atoms with Crippen molar-refractivity contribution in [2.24, 2.45) is 0 Å². The Kier molecular flexibility index (Phi) is 4.50. The maximum Gasteiger partial charge on any atom is 0.0426 e. The molecule has 0 bridgehead atoms. The first-order chi connectivity index (χ1) is 9.49. The molecule has 0 aliphatic heterocycles. The average molecular weight is 269 g/mol. The van der Waals surface area contributed by atoms with E-state index in [1.165, 1.54) is 22.3 Å². The second kappa shape index (κ2) is 6.14. The smallest absolute Gasteiger partial charge is 0.0426 e. The molecule has 0 fully saturated rings. The summed E-state index contributed by atoms with van der Waals surface area (Å²) in [5.74, 6) is 0. The van der Waals surface area contributed by atoms with Crippen LogP contribution in [0.1, 0.15) is 46.6 Å². The number of hydrogen-bond acceptors (Lipinski definition) is 3. The van der Waals surface area contributed by atoms with Gasteiger partial charge in [-0.3, -0.25) is 9.97 Å². The molecule has 1 unspecified atom stereocenters. The van der Waals surface area contributed by atoms with Crippen molar-refractivity contribution >= 4 is 0 Å². The summed E-state index contributed by atoms with van der Waals surface area (Å²) in [7, 11) is 0. The Morgan fingerprint density at radius 2 is 1.90 bits per heavy atom. The number of pyridine rings is 2. The number of nitrogens with zero attached hydrogens (tertiary/aromatic N) is 2. The zero-order chi connectivity index (χ0) is 14.7. The summed E-state index contributed by atoms with van der Waals surface area (Å²) in [6.07, 6.45) is 3.75. The Labute approximate surface area is 121 Å². The highest BCUT2D eigenvalue weighted by Crippen LogP contribution is 2.21. The third-order valence-corrected chi connectivity index (χ3v) is 3.75. The second-order valence-electron chi connectivity index (χ2n) is 5.48. The van der Waals surface area contributed by atoms with Crippen LogP contribution in [0.2, 0.25) is 0 Å². The van der Waals surface area contributed by atoms with E-state index in [4.69, 9.17) is 0 Å². The SMILES string of the molecule is Cc1cc(C)c(C(C)NCc2ccncc2C)c(C)n1. The summed E-state index contributed by atoms with van der Waals surface area (Å²) in [4.78, 5) is 8.71. The van der Waals surface area contributed by atoms with Gasteiger partial charge in [0.1, 0.15) is 0 Å². The molecule has 0 aliphatic rings. The molecule has 2 heterocycles. The molecule has 20 heavy (non-hydrogen) atoms. The normalized spacial score (nSPS) is 12.4. The molecule has 1 N–H and O–H groups in total. The molecule has 2 aromatic rings. The Balaban J connectivity index is 2.13. The fourth-order valence-corrected chi connectivity index (χ4v) is 2.75. The highest BCUT2D eigenvalue weighted by molar-refractivity contribution is 5.33. The highest BCUT2D eigenvalue weighted by atomic mass is 14.9. The van der Waals surface area contributed by atoms with Gasteiger partial charge in [-0.25, -0.2) is 0 Å². The van der Waals surface area contributed by atoms with Gasteiger partial charge in [-0.2, -0.15) is 0 Å². The van der Waals surface area contributed by atoms with Crippen molar-refractivity contribution < 1.29 is 0 Å². The fraction of sp³-hybridized carbons (Fsp3) is 0.412. The Bertz CT molecular complexity index is 582. The third-order valence-electron chi connectivity index (χ3n) is 3.75. The van der Waals surface area contributed by atoms with Gasteiger partial charge in [0.2, 0.25) is 0 Å². The van der Waals surface area contributed by atoms with E-state index in [-0.39, 0.29) is 6.04 Å². The van der Waals surface area contributed by atoms with Crippen LogP contribution in [0.4, 0.5) is 0 Å². The minimum absolute atomic E-state index is 0.288. The molecule has 3 nitrogen and oxygen atoms in total. The van der Waals surface area contributed by atoms with Crippen molar-refractivity contribution in [2.45, 2.75) is 47.2 Å². The summed E-state index contributed by atoms with van der Waals surface area (Å²) in [5.41, 5.74) is 7.34. The van der Waals surface area contributed by atoms with E-state index in [1.807, 2.05) is 19.3 Å². The number of aryl methyl sites for hydroxylation is 4. The van der Waals surface area contributed by atoms with Crippen LogP contribution in [-0.4, -0.2) is 9.97 Å². The van der Waals surface area contributed by atoms with Crippen LogP contribution in [0, 0.1) is 27.7 Å². The van der Waals surface area contributed by atoms with E-state index < -0.39 is 0 Å². The minimum atomic E-state index is 0.288. The zero-order valence-corrected chi connectivity index (χ0v) is 13.0. The summed E-state index contributed by atoms with van der Waals surface area (Å²) in [6.45, 7) is 11.4. The molecule has 0 aromatic carbocycles. The van der Waals surface area contributed by atoms with Gasteiger partial charge in [-0.15, -0.1) is 0 Å². The zero-order valence-electron chi connectivity index (χ0n) is 13.0. The lowest BCUT2D eigenvalue weighted by Gasteiger charge is -2.19. The first-order valence-electron chi connectivity index (χ1n) is 7.06. The van der Waals surface area contributed by atoms with E-state index in [0.29, 0.717) is 0 Å². The predicted molar refractivity (Wildman–Crippen MR) is 82.7 cm³/mol. The maximum atomic E-state index is 4.58. The van der Waals surface area contributed by atoms with Crippen LogP contribution < -0.4 is 5.32 Å². The van der Waals surface area contributed by atoms with E-state index in [0.717, 1.165) is 17.9 Å². The van der Waals surface area contributed by atoms with Crippen LogP contribution in [-0.2, 0) is 6.54 Å². The molecule has 3 heteroatoms. The first-order valence-corrected chi connectivity index (χ1v) is 7.06. The van der Waals surface area contributed by atoms with Gasteiger partial charge in [0.25, 0.3) is 0 Å². The molecule has 2 rings (SSSR count). The summed E-state index contributed by atoms with van der Waals surface area (Å²) in [6, 6.07) is 4.51. The monoisotopic (exact) mass is 269 g/mol. The lowest BCUT2D eigenvalue weighted by Crippen LogP contribution is -2.21. The number of nitrogens with one attached hydrogen (secondary N) is 1. The maximum absolute atomic E-state index is 4.58. The first kappa shape index (κ1) is 14.7. The lowest BCUT2D eigenvalue weighted by molar-refractivity contribution is 0.565. The molecule has 0 radical (unpaired) electrons. The molecule has 1 atom stereocenters. The van der Waals surface area contributed by atoms with Crippen LogP contribution in [0.15, 0.2) is 24.5 Å². The Morgan fingerprint density at radius 1 is 1.15 bits per heavy atom. The standard InChI is InChI=1S/C17H23N3/c1-11-8-13(3)20-15(5)17(11)14(4)19-10-16-6-7-18-9-12(16)2/h6-9,14,19H,10H2,1-5H3.